The van der Waals surface area contributed by atoms with Gasteiger partial charge in [0.15, 0.2) is 5.13 Å². The molecule has 0 saturated carbocycles. The number of fused-ring (bicyclic) bond motifs is 1. The number of carbonyl (C=O) groups excluding carboxylic acids is 4. The average molecular weight is 755 g/mol. The van der Waals surface area contributed by atoms with Crippen LogP contribution in [0.5, 0.6) is 0 Å². The molecule has 0 bridgehead atoms. The highest BCUT2D eigenvalue weighted by molar-refractivity contribution is 8.01. The van der Waals surface area contributed by atoms with Gasteiger partial charge in [-0.1, -0.05) is 39.5 Å². The van der Waals surface area contributed by atoms with E-state index < -0.39 is 35.6 Å². The third-order valence-corrected chi connectivity index (χ3v) is 9.80. The predicted octanol–water partition coefficient (Wildman–Crippen LogP) is 2.22. The van der Waals surface area contributed by atoms with Gasteiger partial charge < -0.3 is 25.4 Å². The molecule has 2 aromatic rings. The van der Waals surface area contributed by atoms with Crippen molar-refractivity contribution >= 4 is 88.6 Å². The molecule has 2 aliphatic heterocycles. The molecule has 1 fully saturated rings. The van der Waals surface area contributed by atoms with Crippen LogP contribution in [0.25, 0.3) is 0 Å². The number of β-lactam (4-membered cyclic amide) rings is 1. The number of nitrogens with zero attached hydrogens (tertiary/aromatic N) is 7. The van der Waals surface area contributed by atoms with E-state index in [9.17, 15) is 19.2 Å². The SMILES string of the molecule is CC(C)CC(=O)OC(OC(=O)C1=C(CSc2nnnn2CCN(C)C)CS[C@H]2[C@@H](NC(=O)Cc3csc(N)n3)C(=O)N12)C(C)C.Cl.Cl. The maximum atomic E-state index is 13.8. The van der Waals surface area contributed by atoms with Crippen molar-refractivity contribution in [3.8, 4) is 0 Å². The van der Waals surface area contributed by atoms with Gasteiger partial charge >= 0.3 is 11.9 Å². The molecular weight excluding hydrogens is 713 g/mol. The van der Waals surface area contributed by atoms with Crippen LogP contribution in [0.4, 0.5) is 5.13 Å². The molecular formula is C27H41Cl2N9O6S3. The number of likely N-dealkylation sites (N-methyl/N-ethyl adjacent to an activating group) is 1. The molecule has 2 aliphatic rings. The lowest BCUT2D eigenvalue weighted by Crippen LogP contribution is -2.70. The Balaban J connectivity index is 0.00000384. The summed E-state index contributed by atoms with van der Waals surface area (Å²) in [5.41, 5.74) is 6.90. The molecule has 3 N–H and O–H groups in total. The first-order chi connectivity index (χ1) is 21.3. The fraction of sp³-hybridized carbons (Fsp3) is 0.630. The second kappa shape index (κ2) is 18.2. The Bertz CT molecular complexity index is 1440. The van der Waals surface area contributed by atoms with Crippen LogP contribution in [0.1, 0.15) is 39.8 Å². The third-order valence-electron chi connectivity index (χ3n) is 6.69. The number of amides is 2. The van der Waals surface area contributed by atoms with Gasteiger partial charge in [0.25, 0.3) is 5.91 Å². The topological polar surface area (TPSA) is 188 Å². The number of hydrogen-bond donors (Lipinski definition) is 2. The van der Waals surface area contributed by atoms with Crippen LogP contribution in [0.3, 0.4) is 0 Å². The number of thiazole rings is 1. The minimum atomic E-state index is -1.14. The number of tetrazole rings is 1. The highest BCUT2D eigenvalue weighted by Crippen LogP contribution is 2.42. The summed E-state index contributed by atoms with van der Waals surface area (Å²) >= 11 is 4.00. The number of thioether (sulfide) groups is 2. The van der Waals surface area contributed by atoms with Gasteiger partial charge in [-0.25, -0.2) is 14.5 Å². The molecule has 1 unspecified atom stereocenters. The largest absolute Gasteiger partial charge is 0.425 e. The van der Waals surface area contributed by atoms with Gasteiger partial charge in [0.05, 0.1) is 18.7 Å². The van der Waals surface area contributed by atoms with E-state index in [-0.39, 0.29) is 61.1 Å². The second-order valence-corrected chi connectivity index (χ2v) is 14.6. The number of carbonyl (C=O) groups is 4. The quantitative estimate of drug-likeness (QED) is 0.117. The van der Waals surface area contributed by atoms with Crippen LogP contribution in [0.2, 0.25) is 0 Å². The zero-order chi connectivity index (χ0) is 32.8. The van der Waals surface area contributed by atoms with Crippen molar-refractivity contribution in [1.29, 1.82) is 0 Å². The van der Waals surface area contributed by atoms with Gasteiger partial charge in [0, 0.05) is 35.8 Å². The van der Waals surface area contributed by atoms with Crippen molar-refractivity contribution < 1.29 is 28.7 Å². The first-order valence-electron chi connectivity index (χ1n) is 14.4. The summed E-state index contributed by atoms with van der Waals surface area (Å²) in [6.07, 6.45) is -0.998. The first-order valence-corrected chi connectivity index (χ1v) is 17.4. The Morgan fingerprint density at radius 3 is 2.53 bits per heavy atom. The van der Waals surface area contributed by atoms with E-state index in [0.29, 0.717) is 39.6 Å². The summed E-state index contributed by atoms with van der Waals surface area (Å²) in [6.45, 7) is 8.63. The van der Waals surface area contributed by atoms with E-state index in [1.807, 2.05) is 32.8 Å². The number of nitrogens with one attached hydrogen (secondary N) is 1. The lowest BCUT2D eigenvalue weighted by atomic mass is 10.0. The third kappa shape index (κ3) is 10.7. The van der Waals surface area contributed by atoms with Crippen molar-refractivity contribution in [1.82, 2.24) is 40.3 Å². The Hall–Kier alpha value is -2.64. The number of ether oxygens (including phenoxy) is 2. The fourth-order valence-electron chi connectivity index (χ4n) is 4.43. The van der Waals surface area contributed by atoms with Crippen LogP contribution in [-0.4, -0.2) is 109 Å². The molecule has 20 heteroatoms. The highest BCUT2D eigenvalue weighted by Gasteiger charge is 2.54. The molecule has 3 atom stereocenters. The molecule has 15 nitrogen and oxygen atoms in total. The minimum Gasteiger partial charge on any atom is -0.425 e. The molecule has 4 heterocycles. The van der Waals surface area contributed by atoms with E-state index in [1.54, 1.807) is 23.9 Å². The molecule has 0 aromatic carbocycles. The lowest BCUT2D eigenvalue weighted by molar-refractivity contribution is -0.195. The number of aromatic nitrogens is 5. The van der Waals surface area contributed by atoms with Crippen molar-refractivity contribution in [2.45, 2.75) is 69.9 Å². The Kier molecular flexibility index (Phi) is 15.7. The average Bonchev–Trinajstić information content (AvgIpc) is 3.59. The molecule has 0 radical (unpaired) electrons. The van der Waals surface area contributed by atoms with Crippen molar-refractivity contribution in [2.75, 3.05) is 37.9 Å². The van der Waals surface area contributed by atoms with E-state index in [2.05, 4.69) is 25.8 Å². The highest BCUT2D eigenvalue weighted by atomic mass is 35.5. The van der Waals surface area contributed by atoms with Gasteiger partial charge in [-0.05, 0) is 36.0 Å². The summed E-state index contributed by atoms with van der Waals surface area (Å²) in [6, 6.07) is -0.835. The van der Waals surface area contributed by atoms with E-state index in [1.165, 1.54) is 39.8 Å². The first kappa shape index (κ1) is 40.5. The number of anilines is 1. The molecule has 2 aromatic heterocycles. The van der Waals surface area contributed by atoms with E-state index in [4.69, 9.17) is 15.2 Å². The zero-order valence-electron chi connectivity index (χ0n) is 26.9. The Morgan fingerprint density at radius 1 is 1.19 bits per heavy atom. The monoisotopic (exact) mass is 753 g/mol. The molecule has 0 spiro atoms. The Morgan fingerprint density at radius 2 is 1.91 bits per heavy atom. The van der Waals surface area contributed by atoms with Gasteiger partial charge in [0.2, 0.25) is 17.4 Å². The normalized spacial score (nSPS) is 17.9. The van der Waals surface area contributed by atoms with Crippen molar-refractivity contribution in [3.05, 3.63) is 22.3 Å². The number of esters is 2. The van der Waals surface area contributed by atoms with E-state index in [0.717, 1.165) is 6.54 Å². The smallest absolute Gasteiger partial charge is 0.358 e. The van der Waals surface area contributed by atoms with Crippen molar-refractivity contribution in [3.63, 3.8) is 0 Å². The predicted molar refractivity (Wildman–Crippen MR) is 184 cm³/mol. The van der Waals surface area contributed by atoms with Crippen LogP contribution in [0.15, 0.2) is 21.8 Å². The van der Waals surface area contributed by atoms with E-state index >= 15 is 0 Å². The molecule has 0 aliphatic carbocycles. The van der Waals surface area contributed by atoms with Crippen LogP contribution in [0, 0.1) is 11.8 Å². The summed E-state index contributed by atoms with van der Waals surface area (Å²) in [7, 11) is 3.91. The number of nitrogens with two attached hydrogens (primary N) is 1. The number of hydrogen-bond acceptors (Lipinski definition) is 15. The summed E-state index contributed by atoms with van der Waals surface area (Å²) in [4.78, 5) is 59.9. The molecule has 1 saturated heterocycles. The van der Waals surface area contributed by atoms with Crippen LogP contribution in [-0.2, 0) is 41.6 Å². The molecule has 4 rings (SSSR count). The maximum absolute atomic E-state index is 13.8. The molecule has 2 amide bonds. The standard InChI is InChI=1S/C27H39N9O6S3.2ClH/c1-14(2)9-19(38)41-25(15(3)4)42-24(40)21-16(12-45-27-31-32-33-35(27)8-7-34(5)6)11-43-23-20(22(39)36(21)23)30-18(37)10-17-13-44-26(28)29-17;;/h13-15,20,23,25H,7-12H2,1-6H3,(H2,28,29)(H,30,37);2*1H/t20-,23-,25?;;/m0../s1. The summed E-state index contributed by atoms with van der Waals surface area (Å²) < 4.78 is 12.9. The Labute approximate surface area is 298 Å². The minimum absolute atomic E-state index is 0. The molecule has 47 heavy (non-hydrogen) atoms. The second-order valence-electron chi connectivity index (χ2n) is 11.6. The lowest BCUT2D eigenvalue weighted by Gasteiger charge is -2.49. The maximum Gasteiger partial charge on any atom is 0.358 e. The van der Waals surface area contributed by atoms with Gasteiger partial charge in [-0.2, -0.15) is 0 Å². The van der Waals surface area contributed by atoms with Gasteiger partial charge in [-0.3, -0.25) is 19.3 Å². The molecule has 262 valence electrons. The number of nitrogen functional groups attached to an aromatic ring is 1. The van der Waals surface area contributed by atoms with Crippen LogP contribution >= 0.6 is 59.7 Å². The number of halogens is 2. The van der Waals surface area contributed by atoms with Crippen molar-refractivity contribution in [2.24, 2.45) is 11.8 Å². The zero-order valence-corrected chi connectivity index (χ0v) is 31.0. The van der Waals surface area contributed by atoms with Crippen LogP contribution < -0.4 is 11.1 Å². The van der Waals surface area contributed by atoms with Gasteiger partial charge in [0.1, 0.15) is 17.1 Å². The van der Waals surface area contributed by atoms with Gasteiger partial charge in [-0.15, -0.1) is 53.0 Å². The summed E-state index contributed by atoms with van der Waals surface area (Å²) in [5, 5.41) is 16.8. The fourth-order valence-corrected chi connectivity index (χ4v) is 7.38. The summed E-state index contributed by atoms with van der Waals surface area (Å²) in [5.74, 6) is -1.66. The number of rotatable bonds is 15.